The standard InChI is InChI=1S/C12H9ClN6/c13-12-17-10-9(14-7-15-10)11(18-12)19-16-6-8-4-2-1-3-5-8/h1-7H,(H2,14,15,17,18,19). The first-order valence-corrected chi connectivity index (χ1v) is 5.91. The lowest BCUT2D eigenvalue weighted by atomic mass is 10.2. The molecule has 3 aromatic rings. The molecule has 0 saturated carbocycles. The molecule has 2 aromatic heterocycles. The van der Waals surface area contributed by atoms with Gasteiger partial charge in [-0.3, -0.25) is 5.43 Å². The molecule has 0 amide bonds. The van der Waals surface area contributed by atoms with Gasteiger partial charge in [0.05, 0.1) is 12.5 Å². The van der Waals surface area contributed by atoms with Crippen LogP contribution in [-0.4, -0.2) is 26.2 Å². The van der Waals surface area contributed by atoms with Gasteiger partial charge in [-0.2, -0.15) is 15.1 Å². The first-order chi connectivity index (χ1) is 9.33. The van der Waals surface area contributed by atoms with Crippen molar-refractivity contribution in [2.24, 2.45) is 5.10 Å². The van der Waals surface area contributed by atoms with Crippen LogP contribution in [0.1, 0.15) is 5.56 Å². The van der Waals surface area contributed by atoms with Gasteiger partial charge in [0, 0.05) is 0 Å². The van der Waals surface area contributed by atoms with Crippen molar-refractivity contribution in [1.29, 1.82) is 0 Å². The van der Waals surface area contributed by atoms with E-state index in [1.165, 1.54) is 6.33 Å². The summed E-state index contributed by atoms with van der Waals surface area (Å²) in [6, 6.07) is 9.73. The molecule has 0 aliphatic rings. The number of hydrazone groups is 1. The van der Waals surface area contributed by atoms with Gasteiger partial charge in [0.1, 0.15) is 5.52 Å². The van der Waals surface area contributed by atoms with Gasteiger partial charge >= 0.3 is 0 Å². The molecule has 3 rings (SSSR count). The first-order valence-electron chi connectivity index (χ1n) is 5.54. The van der Waals surface area contributed by atoms with Crippen LogP contribution in [0.2, 0.25) is 5.28 Å². The minimum Gasteiger partial charge on any atom is -0.340 e. The summed E-state index contributed by atoms with van der Waals surface area (Å²) in [5.41, 5.74) is 4.97. The molecule has 2 heterocycles. The Morgan fingerprint density at radius 3 is 2.89 bits per heavy atom. The minimum absolute atomic E-state index is 0.122. The summed E-state index contributed by atoms with van der Waals surface area (Å²) in [6.07, 6.45) is 3.22. The van der Waals surface area contributed by atoms with Gasteiger partial charge in [0.2, 0.25) is 5.28 Å². The van der Waals surface area contributed by atoms with Crippen molar-refractivity contribution >= 4 is 34.8 Å². The number of halogens is 1. The van der Waals surface area contributed by atoms with Crippen LogP contribution in [0.5, 0.6) is 0 Å². The normalized spacial score (nSPS) is 11.2. The van der Waals surface area contributed by atoms with Crippen molar-refractivity contribution in [3.8, 4) is 0 Å². The van der Waals surface area contributed by atoms with Crippen LogP contribution in [0, 0.1) is 0 Å². The number of anilines is 1. The topological polar surface area (TPSA) is 78.9 Å². The number of hydrogen-bond donors (Lipinski definition) is 2. The number of aromatic amines is 1. The van der Waals surface area contributed by atoms with Gasteiger partial charge in [-0.1, -0.05) is 30.3 Å². The number of benzene rings is 1. The van der Waals surface area contributed by atoms with Crippen molar-refractivity contribution < 1.29 is 0 Å². The van der Waals surface area contributed by atoms with Crippen LogP contribution < -0.4 is 5.43 Å². The molecular formula is C12H9ClN6. The van der Waals surface area contributed by atoms with E-state index in [0.717, 1.165) is 5.56 Å². The van der Waals surface area contributed by atoms with Gasteiger partial charge in [-0.15, -0.1) is 0 Å². The van der Waals surface area contributed by atoms with E-state index in [9.17, 15) is 0 Å². The number of rotatable bonds is 3. The highest BCUT2D eigenvalue weighted by molar-refractivity contribution is 6.28. The molecular weight excluding hydrogens is 264 g/mol. The average molecular weight is 273 g/mol. The smallest absolute Gasteiger partial charge is 0.226 e. The number of nitrogens with zero attached hydrogens (tertiary/aromatic N) is 4. The Balaban J connectivity index is 1.86. The molecule has 7 heteroatoms. The second-order valence-corrected chi connectivity index (χ2v) is 4.06. The first kappa shape index (κ1) is 11.6. The summed E-state index contributed by atoms with van der Waals surface area (Å²) in [6.45, 7) is 0. The Morgan fingerprint density at radius 2 is 2.05 bits per heavy atom. The largest absolute Gasteiger partial charge is 0.340 e. The van der Waals surface area contributed by atoms with Crippen LogP contribution >= 0.6 is 11.6 Å². The van der Waals surface area contributed by atoms with E-state index in [0.29, 0.717) is 17.0 Å². The minimum atomic E-state index is 0.122. The highest BCUT2D eigenvalue weighted by Gasteiger charge is 2.07. The van der Waals surface area contributed by atoms with Gasteiger partial charge in [0.15, 0.2) is 11.5 Å². The van der Waals surface area contributed by atoms with Crippen molar-refractivity contribution in [2.45, 2.75) is 0 Å². The van der Waals surface area contributed by atoms with Gasteiger partial charge in [-0.25, -0.2) is 4.98 Å². The summed E-state index contributed by atoms with van der Waals surface area (Å²) in [5.74, 6) is 0.486. The molecule has 0 bridgehead atoms. The predicted octanol–water partition coefficient (Wildman–Crippen LogP) is 2.45. The maximum Gasteiger partial charge on any atom is 0.226 e. The zero-order valence-corrected chi connectivity index (χ0v) is 10.5. The number of fused-ring (bicyclic) bond motifs is 1. The highest BCUT2D eigenvalue weighted by Crippen LogP contribution is 2.18. The quantitative estimate of drug-likeness (QED) is 0.436. The van der Waals surface area contributed by atoms with E-state index in [1.54, 1.807) is 6.21 Å². The third-order valence-corrected chi connectivity index (χ3v) is 2.61. The second kappa shape index (κ2) is 5.03. The van der Waals surface area contributed by atoms with Gasteiger partial charge < -0.3 is 4.98 Å². The van der Waals surface area contributed by atoms with E-state index in [4.69, 9.17) is 11.6 Å². The van der Waals surface area contributed by atoms with Crippen LogP contribution in [-0.2, 0) is 0 Å². The molecule has 0 radical (unpaired) electrons. The van der Waals surface area contributed by atoms with Crippen LogP contribution in [0.4, 0.5) is 5.82 Å². The Kier molecular flexibility index (Phi) is 3.07. The lowest BCUT2D eigenvalue weighted by molar-refractivity contribution is 1.17. The van der Waals surface area contributed by atoms with Crippen molar-refractivity contribution in [1.82, 2.24) is 19.9 Å². The third-order valence-electron chi connectivity index (χ3n) is 2.44. The molecule has 0 aliphatic heterocycles. The third kappa shape index (κ3) is 2.53. The Bertz CT molecular complexity index is 721. The summed E-state index contributed by atoms with van der Waals surface area (Å²) < 4.78 is 0. The highest BCUT2D eigenvalue weighted by atomic mass is 35.5. The number of hydrogen-bond acceptors (Lipinski definition) is 5. The maximum absolute atomic E-state index is 5.81. The van der Waals surface area contributed by atoms with Gasteiger partial charge in [0.25, 0.3) is 0 Å². The Labute approximate surface area is 113 Å². The van der Waals surface area contributed by atoms with Crippen molar-refractivity contribution in [2.75, 3.05) is 5.43 Å². The van der Waals surface area contributed by atoms with E-state index in [-0.39, 0.29) is 5.28 Å². The zero-order chi connectivity index (χ0) is 13.1. The molecule has 2 N–H and O–H groups in total. The second-order valence-electron chi connectivity index (χ2n) is 3.72. The number of H-pyrrole nitrogens is 1. The zero-order valence-electron chi connectivity index (χ0n) is 9.71. The lowest BCUT2D eigenvalue weighted by Crippen LogP contribution is -1.97. The number of aromatic nitrogens is 4. The summed E-state index contributed by atoms with van der Waals surface area (Å²) in [4.78, 5) is 15.0. The van der Waals surface area contributed by atoms with Gasteiger partial charge in [-0.05, 0) is 17.2 Å². The van der Waals surface area contributed by atoms with Crippen molar-refractivity contribution in [3.63, 3.8) is 0 Å². The fraction of sp³-hybridized carbons (Fsp3) is 0. The monoisotopic (exact) mass is 272 g/mol. The Hall–Kier alpha value is -2.47. The van der Waals surface area contributed by atoms with E-state index < -0.39 is 0 Å². The molecule has 0 saturated heterocycles. The van der Waals surface area contributed by atoms with E-state index >= 15 is 0 Å². The fourth-order valence-electron chi connectivity index (χ4n) is 1.59. The molecule has 1 aromatic carbocycles. The number of imidazole rings is 1. The molecule has 19 heavy (non-hydrogen) atoms. The fourth-order valence-corrected chi connectivity index (χ4v) is 1.76. The number of nitrogens with one attached hydrogen (secondary N) is 2. The van der Waals surface area contributed by atoms with Crippen LogP contribution in [0.3, 0.4) is 0 Å². The van der Waals surface area contributed by atoms with Crippen molar-refractivity contribution in [3.05, 3.63) is 47.5 Å². The molecule has 0 unspecified atom stereocenters. The predicted molar refractivity (Wildman–Crippen MR) is 74.4 cm³/mol. The molecule has 6 nitrogen and oxygen atoms in total. The van der Waals surface area contributed by atoms with E-state index in [1.807, 2.05) is 30.3 Å². The SMILES string of the molecule is Clc1nc(NN=Cc2ccccc2)c2[nH]cnc2n1. The maximum atomic E-state index is 5.81. The van der Waals surface area contributed by atoms with E-state index in [2.05, 4.69) is 30.5 Å². The Morgan fingerprint density at radius 1 is 1.21 bits per heavy atom. The molecule has 0 spiro atoms. The molecule has 0 atom stereocenters. The molecule has 0 fully saturated rings. The molecule has 0 aliphatic carbocycles. The average Bonchev–Trinajstić information content (AvgIpc) is 2.88. The molecule has 94 valence electrons. The lowest BCUT2D eigenvalue weighted by Gasteiger charge is -2.00. The van der Waals surface area contributed by atoms with Crippen LogP contribution in [0.15, 0.2) is 41.8 Å². The summed E-state index contributed by atoms with van der Waals surface area (Å²) in [5, 5.41) is 4.23. The summed E-state index contributed by atoms with van der Waals surface area (Å²) in [7, 11) is 0. The van der Waals surface area contributed by atoms with Crippen LogP contribution in [0.25, 0.3) is 11.2 Å². The summed E-state index contributed by atoms with van der Waals surface area (Å²) >= 11 is 5.81.